The van der Waals surface area contributed by atoms with Crippen molar-refractivity contribution in [2.24, 2.45) is 0 Å². The lowest BCUT2D eigenvalue weighted by atomic mass is 9.93. The summed E-state index contributed by atoms with van der Waals surface area (Å²) in [6.07, 6.45) is 3.24. The Hall–Kier alpha value is -2.78. The van der Waals surface area contributed by atoms with Crippen LogP contribution in [0.25, 0.3) is 0 Å². The molecule has 1 spiro atoms. The summed E-state index contributed by atoms with van der Waals surface area (Å²) in [5, 5.41) is 3.84. The number of hydrogen-bond donors (Lipinski definition) is 0. The second-order valence-corrected chi connectivity index (χ2v) is 12.3. The quantitative estimate of drug-likeness (QED) is 0.492. The van der Waals surface area contributed by atoms with Crippen LogP contribution in [0.5, 0.6) is 0 Å². The lowest BCUT2D eigenvalue weighted by Crippen LogP contribution is -2.35. The first-order chi connectivity index (χ1) is 17.0. The van der Waals surface area contributed by atoms with Crippen LogP contribution in [0, 0.1) is 0 Å². The summed E-state index contributed by atoms with van der Waals surface area (Å²) in [5.41, 5.74) is 0. The van der Waals surface area contributed by atoms with Gasteiger partial charge in [-0.25, -0.2) is 0 Å². The number of ketones is 2. The van der Waals surface area contributed by atoms with E-state index in [4.69, 9.17) is 9.47 Å². The van der Waals surface area contributed by atoms with Crippen molar-refractivity contribution >= 4 is 40.2 Å². The van der Waals surface area contributed by atoms with Gasteiger partial charge >= 0.3 is 0 Å². The van der Waals surface area contributed by atoms with E-state index in [9.17, 15) is 9.59 Å². The molecule has 0 bridgehead atoms. The molecule has 1 heterocycles. The number of Topliss-reactive ketones (excluding diaryl/α,β-unsaturated/α-hetero) is 2. The largest absolute Gasteiger partial charge is 0.348 e. The zero-order valence-electron chi connectivity index (χ0n) is 20.3. The molecule has 182 valence electrons. The molecule has 1 saturated carbocycles. The van der Waals surface area contributed by atoms with Gasteiger partial charge in [-0.1, -0.05) is 96.8 Å². The number of carbonyl (C=O) groups excluding carboxylic acids is 2. The fraction of sp³-hybridized carbons (Fsp3) is 0.300. The van der Waals surface area contributed by atoms with Crippen molar-refractivity contribution in [2.75, 3.05) is 13.2 Å². The molecule has 0 amide bonds. The Labute approximate surface area is 208 Å². The fourth-order valence-corrected chi connectivity index (χ4v) is 8.70. The predicted octanol–water partition coefficient (Wildman–Crippen LogP) is 4.63. The highest BCUT2D eigenvalue weighted by atomic mass is 31.2. The molecule has 0 atom stereocenters. The minimum absolute atomic E-state index is 0.196. The highest BCUT2D eigenvalue weighted by Crippen LogP contribution is 2.43. The number of benzene rings is 3. The predicted molar refractivity (Wildman–Crippen MR) is 145 cm³/mol. The maximum Gasteiger partial charge on any atom is 0.169 e. The van der Waals surface area contributed by atoms with Gasteiger partial charge in [0.05, 0.1) is 13.2 Å². The fourth-order valence-electron chi connectivity index (χ4n) is 4.71. The van der Waals surface area contributed by atoms with Crippen LogP contribution in [0.4, 0.5) is 0 Å². The van der Waals surface area contributed by atoms with E-state index in [1.165, 1.54) is 15.9 Å². The van der Waals surface area contributed by atoms with Gasteiger partial charge in [0.15, 0.2) is 5.79 Å². The molecule has 2 aliphatic rings. The van der Waals surface area contributed by atoms with Crippen LogP contribution < -0.4 is 15.9 Å². The lowest BCUT2D eigenvalue weighted by molar-refractivity contribution is -0.179. The monoisotopic (exact) mass is 488 g/mol. The molecule has 1 saturated heterocycles. The van der Waals surface area contributed by atoms with E-state index in [1.807, 2.05) is 18.2 Å². The Morgan fingerprint density at radius 1 is 0.771 bits per heavy atom. The maximum absolute atomic E-state index is 11.8. The minimum Gasteiger partial charge on any atom is -0.348 e. The van der Waals surface area contributed by atoms with Crippen LogP contribution in [-0.2, 0) is 19.1 Å². The Kier molecular flexibility index (Phi) is 8.51. The van der Waals surface area contributed by atoms with Crippen LogP contribution in [0.3, 0.4) is 0 Å². The summed E-state index contributed by atoms with van der Waals surface area (Å²) in [6, 6.07) is 31.7. The summed E-state index contributed by atoms with van der Waals surface area (Å²) in [7, 11) is 0. The highest BCUT2D eigenvalue weighted by molar-refractivity contribution is 7.94. The molecule has 0 N–H and O–H groups in total. The van der Waals surface area contributed by atoms with E-state index >= 15 is 0 Å². The molecule has 5 heteroatoms. The molecule has 0 unspecified atom stereocenters. The van der Waals surface area contributed by atoms with Gasteiger partial charge < -0.3 is 9.47 Å². The summed E-state index contributed by atoms with van der Waals surface area (Å²) in [6.45, 7) is 1.08. The number of carbonyl (C=O) groups is 2. The van der Waals surface area contributed by atoms with Crippen molar-refractivity contribution in [1.82, 2.24) is 0 Å². The SMILES string of the molecule is CC(=O)CC=P(c1ccccc1)(c1ccccc1)c1ccccc1.O=C1CCC2(CC1)OCCO2. The average molecular weight is 489 g/mol. The second-order valence-electron chi connectivity index (χ2n) is 8.96. The minimum atomic E-state index is -1.95. The van der Waals surface area contributed by atoms with Gasteiger partial charge in [-0.2, -0.15) is 0 Å². The van der Waals surface area contributed by atoms with E-state index in [0.29, 0.717) is 38.3 Å². The number of hydrogen-bond acceptors (Lipinski definition) is 4. The normalized spacial score (nSPS) is 16.9. The van der Waals surface area contributed by atoms with Crippen molar-refractivity contribution in [1.29, 1.82) is 0 Å². The van der Waals surface area contributed by atoms with Crippen LogP contribution in [0.15, 0.2) is 91.0 Å². The first-order valence-corrected chi connectivity index (χ1v) is 14.1. The molecule has 0 radical (unpaired) electrons. The molecule has 5 rings (SSSR count). The van der Waals surface area contributed by atoms with E-state index in [2.05, 4.69) is 78.6 Å². The van der Waals surface area contributed by atoms with Crippen molar-refractivity contribution in [3.63, 3.8) is 0 Å². The third-order valence-corrected chi connectivity index (χ3v) is 10.6. The van der Waals surface area contributed by atoms with Gasteiger partial charge in [0.25, 0.3) is 0 Å². The smallest absolute Gasteiger partial charge is 0.169 e. The molecule has 35 heavy (non-hydrogen) atoms. The summed E-state index contributed by atoms with van der Waals surface area (Å²) in [4.78, 5) is 22.7. The van der Waals surface area contributed by atoms with E-state index in [1.54, 1.807) is 6.92 Å². The third kappa shape index (κ3) is 6.08. The zero-order valence-corrected chi connectivity index (χ0v) is 21.2. The Balaban J connectivity index is 0.000000218. The molecular formula is C30H33O4P. The van der Waals surface area contributed by atoms with Crippen molar-refractivity contribution in [3.05, 3.63) is 91.0 Å². The first-order valence-electron chi connectivity index (χ1n) is 12.2. The van der Waals surface area contributed by atoms with Gasteiger partial charge in [-0.3, -0.25) is 9.59 Å². The zero-order chi connectivity index (χ0) is 24.6. The topological polar surface area (TPSA) is 52.6 Å². The van der Waals surface area contributed by atoms with Gasteiger partial charge in [-0.05, 0) is 29.7 Å². The maximum atomic E-state index is 11.8. The molecule has 4 nitrogen and oxygen atoms in total. The van der Waals surface area contributed by atoms with E-state index < -0.39 is 6.89 Å². The third-order valence-electron chi connectivity index (χ3n) is 6.53. The summed E-state index contributed by atoms with van der Waals surface area (Å²) in [5.74, 6) is 2.43. The van der Waals surface area contributed by atoms with Crippen LogP contribution in [0.2, 0.25) is 0 Å². The van der Waals surface area contributed by atoms with E-state index in [0.717, 1.165) is 12.8 Å². The van der Waals surface area contributed by atoms with Gasteiger partial charge in [0.1, 0.15) is 11.6 Å². The van der Waals surface area contributed by atoms with Crippen LogP contribution in [0.1, 0.15) is 39.0 Å². The Morgan fingerprint density at radius 3 is 1.54 bits per heavy atom. The van der Waals surface area contributed by atoms with Gasteiger partial charge in [0, 0.05) is 32.1 Å². The Morgan fingerprint density at radius 2 is 1.17 bits per heavy atom. The van der Waals surface area contributed by atoms with Gasteiger partial charge in [-0.15, -0.1) is 0 Å². The molecule has 2 fully saturated rings. The second kappa shape index (κ2) is 11.8. The molecule has 0 aromatic heterocycles. The summed E-state index contributed by atoms with van der Waals surface area (Å²) >= 11 is 0. The van der Waals surface area contributed by atoms with Crippen molar-refractivity contribution < 1.29 is 19.1 Å². The number of rotatable bonds is 5. The highest BCUT2D eigenvalue weighted by Gasteiger charge is 2.39. The van der Waals surface area contributed by atoms with Crippen molar-refractivity contribution in [2.45, 2.75) is 44.8 Å². The molecule has 3 aromatic rings. The Bertz CT molecular complexity index is 1050. The standard InChI is InChI=1S/C22H21OP.C8H12O3/c1-19(23)17-18-24(20-11-5-2-6-12-20,21-13-7-3-8-14-21)22-15-9-4-10-16-22;9-7-1-3-8(4-2-7)10-5-6-11-8/h2-16,18H,17H2,1H3;1-6H2. The van der Waals surface area contributed by atoms with Gasteiger partial charge in [0.2, 0.25) is 0 Å². The molecule has 1 aliphatic heterocycles. The molecule has 3 aromatic carbocycles. The lowest BCUT2D eigenvalue weighted by Gasteiger charge is -2.30. The summed E-state index contributed by atoms with van der Waals surface area (Å²) < 4.78 is 10.9. The molecular weight excluding hydrogens is 455 g/mol. The van der Waals surface area contributed by atoms with E-state index in [-0.39, 0.29) is 11.6 Å². The average Bonchev–Trinajstić information content (AvgIpc) is 3.37. The van der Waals surface area contributed by atoms with Crippen LogP contribution in [-0.4, -0.2) is 36.4 Å². The van der Waals surface area contributed by atoms with Crippen molar-refractivity contribution in [3.8, 4) is 0 Å². The molecule has 1 aliphatic carbocycles. The van der Waals surface area contributed by atoms with Crippen LogP contribution >= 0.6 is 6.89 Å². The first kappa shape index (κ1) is 25.3. The number of ether oxygens (including phenoxy) is 2.